The third kappa shape index (κ3) is 11.9. The second kappa shape index (κ2) is 18.2. The van der Waals surface area contributed by atoms with Crippen molar-refractivity contribution in [3.05, 3.63) is 58.8 Å². The number of benzene rings is 1. The van der Waals surface area contributed by atoms with Crippen LogP contribution in [0.25, 0.3) is 0 Å². The van der Waals surface area contributed by atoms with Crippen LogP contribution in [0.5, 0.6) is 5.88 Å². The smallest absolute Gasteiger partial charge is 0.407 e. The molecule has 0 aliphatic carbocycles. The van der Waals surface area contributed by atoms with Gasteiger partial charge in [-0.05, 0) is 54.1 Å². The summed E-state index contributed by atoms with van der Waals surface area (Å²) >= 11 is 0. The van der Waals surface area contributed by atoms with Gasteiger partial charge in [-0.2, -0.15) is 0 Å². The Labute approximate surface area is 321 Å². The minimum absolute atomic E-state index is 0.0632. The lowest BCUT2D eigenvalue weighted by Crippen LogP contribution is -2.62. The van der Waals surface area contributed by atoms with Gasteiger partial charge in [0.25, 0.3) is 5.91 Å². The summed E-state index contributed by atoms with van der Waals surface area (Å²) in [5.74, 6) is -0.531. The fraction of sp³-hybridized carbons (Fsp3) is 0.615. The summed E-state index contributed by atoms with van der Waals surface area (Å²) in [6.45, 7) is 16.0. The Bertz CT molecular complexity index is 1620. The summed E-state index contributed by atoms with van der Waals surface area (Å²) < 4.78 is 22.7. The van der Waals surface area contributed by atoms with Crippen LogP contribution in [0.4, 0.5) is 4.79 Å². The molecule has 1 aromatic carbocycles. The molecule has 2 N–H and O–H groups in total. The van der Waals surface area contributed by atoms with Crippen LogP contribution in [-0.2, 0) is 43.3 Å². The summed E-state index contributed by atoms with van der Waals surface area (Å²) in [6, 6.07) is 8.86. The Balaban J connectivity index is 1.21. The highest BCUT2D eigenvalue weighted by molar-refractivity contribution is 6.76. The summed E-state index contributed by atoms with van der Waals surface area (Å²) in [4.78, 5) is 60.3. The molecule has 2 saturated heterocycles. The number of nitrogens with one attached hydrogen (secondary N) is 1. The molecule has 3 unspecified atom stereocenters. The third-order valence-corrected chi connectivity index (χ3v) is 13.6. The van der Waals surface area contributed by atoms with Crippen LogP contribution in [0.1, 0.15) is 52.7 Å². The molecule has 0 radical (unpaired) electrons. The molecule has 1 aromatic heterocycles. The van der Waals surface area contributed by atoms with E-state index in [-0.39, 0.29) is 31.1 Å². The van der Waals surface area contributed by atoms with E-state index in [9.17, 15) is 24.3 Å². The molecule has 296 valence electrons. The Morgan fingerprint density at radius 1 is 0.926 bits per heavy atom. The zero-order chi connectivity index (χ0) is 39.0. The predicted molar refractivity (Wildman–Crippen MR) is 209 cm³/mol. The maximum atomic E-state index is 14.0. The van der Waals surface area contributed by atoms with E-state index in [1.807, 2.05) is 24.3 Å². The lowest BCUT2D eigenvalue weighted by atomic mass is 9.92. The highest BCUT2D eigenvalue weighted by atomic mass is 28.3. The molecule has 3 aliphatic rings. The average molecular weight is 783 g/mol. The summed E-state index contributed by atoms with van der Waals surface area (Å²) in [5.41, 5.74) is 2.95. The van der Waals surface area contributed by atoms with Gasteiger partial charge in [0.1, 0.15) is 18.2 Å². The molecule has 2 aromatic rings. The zero-order valence-electron chi connectivity index (χ0n) is 32.7. The van der Waals surface area contributed by atoms with Crippen molar-refractivity contribution in [2.24, 2.45) is 0 Å². The van der Waals surface area contributed by atoms with Crippen molar-refractivity contribution in [2.45, 2.75) is 121 Å². The van der Waals surface area contributed by atoms with E-state index in [1.54, 1.807) is 17.2 Å². The van der Waals surface area contributed by atoms with E-state index in [1.165, 1.54) is 4.90 Å². The number of amides is 2. The molecule has 0 spiro atoms. The average Bonchev–Trinajstić information content (AvgIpc) is 3.44. The van der Waals surface area contributed by atoms with Crippen LogP contribution >= 0.6 is 0 Å². The van der Waals surface area contributed by atoms with Crippen LogP contribution in [0.3, 0.4) is 0 Å². The van der Waals surface area contributed by atoms with Gasteiger partial charge in [0, 0.05) is 59.9 Å². The molecular weight excluding hydrogens is 725 g/mol. The number of carbonyl (C=O) groups is 4. The van der Waals surface area contributed by atoms with Gasteiger partial charge in [-0.1, -0.05) is 57.5 Å². The van der Waals surface area contributed by atoms with Gasteiger partial charge in [-0.3, -0.25) is 19.7 Å². The highest BCUT2D eigenvalue weighted by Gasteiger charge is 2.45. The van der Waals surface area contributed by atoms with Crippen molar-refractivity contribution in [1.82, 2.24) is 20.1 Å². The number of aromatic nitrogens is 1. The first-order chi connectivity index (χ1) is 25.6. The monoisotopic (exact) mass is 782 g/mol. The number of rotatable bonds is 16. The van der Waals surface area contributed by atoms with Gasteiger partial charge in [0.15, 0.2) is 0 Å². The Morgan fingerprint density at radius 3 is 2.22 bits per heavy atom. The lowest BCUT2D eigenvalue weighted by molar-refractivity contribution is -0.152. The van der Waals surface area contributed by atoms with Crippen LogP contribution in [0.15, 0.2) is 36.5 Å². The third-order valence-electron chi connectivity index (χ3n) is 10.2. The Kier molecular flexibility index (Phi) is 14.0. The lowest BCUT2D eigenvalue weighted by Gasteiger charge is -2.39. The standard InChI is InChI=1S/C39H58N4O9Si2/c1-53(2,3)21-19-50-37(45)32-10-11-33(35(41-32)38(46)51-20-22-54(4,5)6)43-26-29-9-7-27(23-31(29)36(43)44)13-16-42(39(47)48)25-28-8-12-34(40-24-28)52-30-14-17-49-18-15-30/h7-9,12,23-24,30,32-33,35,41H,10-11,13-22,25-26H2,1-6H3,(H,47,48). The number of esters is 2. The van der Waals surface area contributed by atoms with Crippen molar-refractivity contribution in [3.63, 3.8) is 0 Å². The zero-order valence-corrected chi connectivity index (χ0v) is 34.7. The minimum atomic E-state index is -1.47. The first-order valence-electron chi connectivity index (χ1n) is 19.3. The molecule has 3 atom stereocenters. The number of piperidine rings is 1. The highest BCUT2D eigenvalue weighted by Crippen LogP contribution is 2.31. The molecule has 3 aliphatic heterocycles. The van der Waals surface area contributed by atoms with Crippen LogP contribution in [0, 0.1) is 0 Å². The maximum absolute atomic E-state index is 14.0. The topological polar surface area (TPSA) is 157 Å². The molecule has 0 saturated carbocycles. The number of carbonyl (C=O) groups excluding carboxylic acids is 3. The quantitative estimate of drug-likeness (QED) is 0.162. The van der Waals surface area contributed by atoms with Gasteiger partial charge < -0.3 is 33.9 Å². The van der Waals surface area contributed by atoms with Crippen molar-refractivity contribution in [2.75, 3.05) is 33.0 Å². The van der Waals surface area contributed by atoms with E-state index in [2.05, 4.69) is 49.6 Å². The van der Waals surface area contributed by atoms with E-state index < -0.39 is 46.3 Å². The first-order valence-corrected chi connectivity index (χ1v) is 26.7. The molecule has 13 nitrogen and oxygen atoms in total. The number of carboxylic acid groups (broad SMARTS) is 1. The number of nitrogens with zero attached hydrogens (tertiary/aromatic N) is 3. The fourth-order valence-corrected chi connectivity index (χ4v) is 8.26. The van der Waals surface area contributed by atoms with Crippen molar-refractivity contribution in [3.8, 4) is 5.88 Å². The SMILES string of the molecule is C[Si](C)(C)CCOC(=O)C1CCC(N2Cc3ccc(CCN(Cc4ccc(OC5CCOCC5)nc4)C(=O)O)cc3C2=O)C(C(=O)OCC[Si](C)(C)C)N1. The van der Waals surface area contributed by atoms with Crippen LogP contribution < -0.4 is 10.1 Å². The largest absolute Gasteiger partial charge is 0.474 e. The van der Waals surface area contributed by atoms with E-state index in [4.69, 9.17) is 18.9 Å². The molecule has 54 heavy (non-hydrogen) atoms. The van der Waals surface area contributed by atoms with E-state index in [0.717, 1.165) is 41.6 Å². The Morgan fingerprint density at radius 2 is 1.59 bits per heavy atom. The van der Waals surface area contributed by atoms with Crippen LogP contribution in [-0.4, -0.2) is 117 Å². The molecule has 4 heterocycles. The first kappa shape index (κ1) is 41.4. The number of ether oxygens (including phenoxy) is 4. The molecular formula is C39H58N4O9Si2. The van der Waals surface area contributed by atoms with Gasteiger partial charge in [-0.15, -0.1) is 0 Å². The molecule has 2 amide bonds. The number of fused-ring (bicyclic) bond motifs is 1. The van der Waals surface area contributed by atoms with E-state index >= 15 is 0 Å². The number of hydrogen-bond donors (Lipinski definition) is 2. The normalized spacial score (nSPS) is 20.7. The van der Waals surface area contributed by atoms with Crippen molar-refractivity contribution < 1.29 is 43.2 Å². The van der Waals surface area contributed by atoms with Crippen molar-refractivity contribution in [1.29, 1.82) is 0 Å². The molecule has 5 rings (SSSR count). The predicted octanol–water partition coefficient (Wildman–Crippen LogP) is 5.57. The summed E-state index contributed by atoms with van der Waals surface area (Å²) in [7, 11) is -2.86. The molecule has 0 bridgehead atoms. The second-order valence-corrected chi connectivity index (χ2v) is 28.4. The maximum Gasteiger partial charge on any atom is 0.407 e. The Hall–Kier alpha value is -3.80. The van der Waals surface area contributed by atoms with Gasteiger partial charge in [0.2, 0.25) is 5.88 Å². The minimum Gasteiger partial charge on any atom is -0.474 e. The van der Waals surface area contributed by atoms with Crippen LogP contribution in [0.2, 0.25) is 51.4 Å². The summed E-state index contributed by atoms with van der Waals surface area (Å²) in [5, 5.41) is 13.2. The summed E-state index contributed by atoms with van der Waals surface area (Å²) in [6.07, 6.45) is 3.54. The number of pyridine rings is 1. The van der Waals surface area contributed by atoms with Gasteiger partial charge >= 0.3 is 18.0 Å². The number of hydrogen-bond acceptors (Lipinski definition) is 10. The van der Waals surface area contributed by atoms with Crippen molar-refractivity contribution >= 4 is 40.1 Å². The van der Waals surface area contributed by atoms with E-state index in [0.29, 0.717) is 63.7 Å². The second-order valence-electron chi connectivity index (χ2n) is 17.1. The molecule has 15 heteroatoms. The van der Waals surface area contributed by atoms with Gasteiger partial charge in [-0.25, -0.2) is 9.78 Å². The van der Waals surface area contributed by atoms with Gasteiger partial charge in [0.05, 0.1) is 39.0 Å². The molecule has 2 fully saturated rings. The fourth-order valence-electron chi connectivity index (χ4n) is 6.83.